The number of fused-ring (bicyclic) bond motifs is 2. The third-order valence-corrected chi connectivity index (χ3v) is 7.26. The number of carboxylic acids is 1. The van der Waals surface area contributed by atoms with Crippen molar-refractivity contribution in [2.24, 2.45) is 5.92 Å². The molecule has 1 aliphatic rings. The van der Waals surface area contributed by atoms with Gasteiger partial charge in [-0.1, -0.05) is 31.2 Å². The van der Waals surface area contributed by atoms with Crippen molar-refractivity contribution in [2.75, 3.05) is 0 Å². The second kappa shape index (κ2) is 11.1. The maximum Gasteiger partial charge on any atom is 0.306 e. The van der Waals surface area contributed by atoms with E-state index in [0.29, 0.717) is 47.2 Å². The number of carboxylic acid groups (broad SMARTS) is 1. The second-order valence-corrected chi connectivity index (χ2v) is 9.98. The van der Waals surface area contributed by atoms with Gasteiger partial charge < -0.3 is 10.4 Å². The lowest BCUT2D eigenvalue weighted by atomic mass is 9.87. The quantitative estimate of drug-likeness (QED) is 0.290. The summed E-state index contributed by atoms with van der Waals surface area (Å²) in [5, 5.41) is 12.4. The number of aliphatic carboxylic acids is 1. The molecular formula is C31H30FN3O3. The molecule has 194 valence electrons. The fourth-order valence-electron chi connectivity index (χ4n) is 5.09. The first kappa shape index (κ1) is 25.5. The predicted octanol–water partition coefficient (Wildman–Crippen LogP) is 6.29. The smallest absolute Gasteiger partial charge is 0.306 e. The molecule has 0 bridgehead atoms. The second-order valence-electron chi connectivity index (χ2n) is 9.98. The average molecular weight is 512 g/mol. The van der Waals surface area contributed by atoms with Gasteiger partial charge in [-0.3, -0.25) is 9.59 Å². The normalized spacial score (nSPS) is 15.6. The maximum atomic E-state index is 13.6. The number of carbonyl (C=O) groups is 2. The van der Waals surface area contributed by atoms with Gasteiger partial charge >= 0.3 is 5.97 Å². The third-order valence-electron chi connectivity index (χ3n) is 7.26. The van der Waals surface area contributed by atoms with Gasteiger partial charge in [-0.15, -0.1) is 0 Å². The van der Waals surface area contributed by atoms with E-state index in [2.05, 4.69) is 17.4 Å². The molecule has 1 amide bonds. The Labute approximate surface area is 221 Å². The molecule has 0 aliphatic heterocycles. The lowest BCUT2D eigenvalue weighted by Crippen LogP contribution is -2.31. The van der Waals surface area contributed by atoms with Crippen LogP contribution >= 0.6 is 0 Å². The summed E-state index contributed by atoms with van der Waals surface area (Å²) in [6, 6.07) is 19.6. The topological polar surface area (TPSA) is 92.2 Å². The number of halogens is 1. The summed E-state index contributed by atoms with van der Waals surface area (Å²) in [5.74, 6) is -1.78. The van der Waals surface area contributed by atoms with Crippen LogP contribution in [0.1, 0.15) is 65.8 Å². The van der Waals surface area contributed by atoms with E-state index >= 15 is 0 Å². The monoisotopic (exact) mass is 511 g/mol. The molecule has 4 aromatic rings. The van der Waals surface area contributed by atoms with Gasteiger partial charge in [-0.25, -0.2) is 14.4 Å². The van der Waals surface area contributed by atoms with Crippen molar-refractivity contribution < 1.29 is 19.1 Å². The summed E-state index contributed by atoms with van der Waals surface area (Å²) in [6.45, 7) is 1.69. The fourth-order valence-corrected chi connectivity index (χ4v) is 5.09. The molecule has 0 radical (unpaired) electrons. The largest absolute Gasteiger partial charge is 0.481 e. The highest BCUT2D eigenvalue weighted by molar-refractivity contribution is 5.97. The third kappa shape index (κ3) is 5.57. The van der Waals surface area contributed by atoms with Crippen LogP contribution in [0.5, 0.6) is 0 Å². The van der Waals surface area contributed by atoms with Crippen molar-refractivity contribution in [3.8, 4) is 11.3 Å². The Hall–Kier alpha value is -4.13. The number of rotatable bonds is 8. The van der Waals surface area contributed by atoms with Crippen molar-refractivity contribution in [3.05, 3.63) is 94.9 Å². The van der Waals surface area contributed by atoms with Crippen molar-refractivity contribution in [3.63, 3.8) is 0 Å². The van der Waals surface area contributed by atoms with Gasteiger partial charge in [-0.05, 0) is 92.1 Å². The first-order valence-electron chi connectivity index (χ1n) is 13.1. The van der Waals surface area contributed by atoms with E-state index in [0.717, 1.165) is 24.8 Å². The highest BCUT2D eigenvalue weighted by atomic mass is 19.1. The summed E-state index contributed by atoms with van der Waals surface area (Å²) in [7, 11) is 0. The van der Waals surface area contributed by atoms with Gasteiger partial charge in [-0.2, -0.15) is 0 Å². The van der Waals surface area contributed by atoms with Gasteiger partial charge in [0, 0.05) is 11.1 Å². The van der Waals surface area contributed by atoms with Crippen LogP contribution in [0.25, 0.3) is 22.3 Å². The van der Waals surface area contributed by atoms with Gasteiger partial charge in [0.2, 0.25) is 0 Å². The number of aryl methyl sites for hydroxylation is 2. The zero-order valence-corrected chi connectivity index (χ0v) is 21.3. The molecule has 38 heavy (non-hydrogen) atoms. The average Bonchev–Trinajstić information content (AvgIpc) is 2.93. The number of carbonyl (C=O) groups excluding carboxylic acids is 1. The number of nitrogens with zero attached hydrogens (tertiary/aromatic N) is 2. The zero-order valence-electron chi connectivity index (χ0n) is 21.3. The van der Waals surface area contributed by atoms with E-state index in [1.165, 1.54) is 23.3 Å². The molecule has 1 aromatic heterocycles. The number of nitrogens with one attached hydrogen (secondary N) is 1. The minimum atomic E-state index is -0.829. The predicted molar refractivity (Wildman–Crippen MR) is 144 cm³/mol. The van der Waals surface area contributed by atoms with Crippen LogP contribution in [0.3, 0.4) is 0 Å². The number of benzene rings is 3. The van der Waals surface area contributed by atoms with Crippen molar-refractivity contribution in [2.45, 2.75) is 51.5 Å². The Morgan fingerprint density at radius 1 is 1.05 bits per heavy atom. The van der Waals surface area contributed by atoms with Gasteiger partial charge in [0.1, 0.15) is 5.82 Å². The Bertz CT molecular complexity index is 1490. The summed E-state index contributed by atoms with van der Waals surface area (Å²) in [4.78, 5) is 34.2. The first-order valence-corrected chi connectivity index (χ1v) is 13.1. The maximum absolute atomic E-state index is 13.6. The molecule has 0 spiro atoms. The van der Waals surface area contributed by atoms with E-state index in [1.54, 1.807) is 37.3 Å². The molecule has 5 rings (SSSR count). The van der Waals surface area contributed by atoms with Crippen LogP contribution in [0, 0.1) is 11.7 Å². The molecule has 0 unspecified atom stereocenters. The lowest BCUT2D eigenvalue weighted by molar-refractivity contribution is -0.141. The van der Waals surface area contributed by atoms with Gasteiger partial charge in [0.15, 0.2) is 0 Å². The summed E-state index contributed by atoms with van der Waals surface area (Å²) in [6.07, 6.45) is 4.59. The molecule has 0 saturated heterocycles. The van der Waals surface area contributed by atoms with Gasteiger partial charge in [0.05, 0.1) is 34.4 Å². The van der Waals surface area contributed by atoms with E-state index in [9.17, 15) is 19.1 Å². The standard InChI is InChI=1S/C31H30FN3O3/c1-19(31(37)38)6-4-11-27-29(21-12-15-23(32)16-13-21)34-26-17-14-22(18-28(26)33-27)30(36)35-25-10-5-8-20-7-2-3-9-24(20)25/h2-3,7,9,12-19,25H,4-6,8,10-11H2,1H3,(H,35,36)(H,37,38)/t19-,25-/m0/s1. The molecule has 0 fully saturated rings. The molecule has 2 N–H and O–H groups in total. The lowest BCUT2D eigenvalue weighted by Gasteiger charge is -2.26. The Kier molecular flexibility index (Phi) is 7.45. The minimum absolute atomic E-state index is 0.0260. The Morgan fingerprint density at radius 2 is 1.84 bits per heavy atom. The highest BCUT2D eigenvalue weighted by Gasteiger charge is 2.22. The SMILES string of the molecule is C[C@@H](CCCc1nc2cc(C(=O)N[C@H]3CCCc4ccccc43)ccc2nc1-c1ccc(F)cc1)C(=O)O. The van der Waals surface area contributed by atoms with Crippen molar-refractivity contribution in [1.82, 2.24) is 15.3 Å². The van der Waals surface area contributed by atoms with Crippen molar-refractivity contribution >= 4 is 22.9 Å². The van der Waals surface area contributed by atoms with Crippen LogP contribution in [-0.4, -0.2) is 27.0 Å². The molecule has 6 nitrogen and oxygen atoms in total. The van der Waals surface area contributed by atoms with Crippen LogP contribution in [-0.2, 0) is 17.6 Å². The molecule has 1 heterocycles. The fraction of sp³-hybridized carbons (Fsp3) is 0.290. The van der Waals surface area contributed by atoms with Crippen LogP contribution in [0.4, 0.5) is 4.39 Å². The van der Waals surface area contributed by atoms with E-state index in [1.807, 2.05) is 12.1 Å². The molecule has 0 saturated carbocycles. The molecule has 2 atom stereocenters. The summed E-state index contributed by atoms with van der Waals surface area (Å²) < 4.78 is 13.6. The number of hydrogen-bond donors (Lipinski definition) is 2. The highest BCUT2D eigenvalue weighted by Crippen LogP contribution is 2.30. The molecule has 7 heteroatoms. The Balaban J connectivity index is 1.44. The minimum Gasteiger partial charge on any atom is -0.481 e. The molecule has 1 aliphatic carbocycles. The number of aromatic nitrogens is 2. The first-order chi connectivity index (χ1) is 18.4. The Morgan fingerprint density at radius 3 is 2.63 bits per heavy atom. The van der Waals surface area contributed by atoms with Crippen LogP contribution < -0.4 is 5.32 Å². The molecular weight excluding hydrogens is 481 g/mol. The van der Waals surface area contributed by atoms with Gasteiger partial charge in [0.25, 0.3) is 5.91 Å². The number of hydrogen-bond acceptors (Lipinski definition) is 4. The van der Waals surface area contributed by atoms with E-state index in [-0.39, 0.29) is 17.8 Å². The number of amides is 1. The van der Waals surface area contributed by atoms with E-state index < -0.39 is 11.9 Å². The molecule has 3 aromatic carbocycles. The van der Waals surface area contributed by atoms with Crippen LogP contribution in [0.2, 0.25) is 0 Å². The van der Waals surface area contributed by atoms with E-state index in [4.69, 9.17) is 9.97 Å². The summed E-state index contributed by atoms with van der Waals surface area (Å²) in [5.41, 5.74) is 6.25. The van der Waals surface area contributed by atoms with Crippen molar-refractivity contribution in [1.29, 1.82) is 0 Å². The zero-order chi connectivity index (χ0) is 26.6. The van der Waals surface area contributed by atoms with Crippen LogP contribution in [0.15, 0.2) is 66.7 Å². The summed E-state index contributed by atoms with van der Waals surface area (Å²) >= 11 is 0.